The number of benzene rings is 1. The van der Waals surface area contributed by atoms with Gasteiger partial charge in [-0.15, -0.1) is 0 Å². The van der Waals surface area contributed by atoms with Gasteiger partial charge in [0.1, 0.15) is 5.82 Å². The Morgan fingerprint density at radius 3 is 2.84 bits per heavy atom. The Bertz CT molecular complexity index is 411. The number of nitrogens with one attached hydrogen (secondary N) is 1. The molecule has 0 spiro atoms. The molecule has 1 aliphatic carbocycles. The van der Waals surface area contributed by atoms with Crippen molar-refractivity contribution in [3.05, 3.63) is 35.6 Å². The average Bonchev–Trinajstić information content (AvgIpc) is 2.87. The Hall–Kier alpha value is -0.930. The van der Waals surface area contributed by atoms with Gasteiger partial charge in [-0.05, 0) is 55.7 Å². The number of hydrogen-bond acceptors (Lipinski definition) is 2. The van der Waals surface area contributed by atoms with E-state index in [4.69, 9.17) is 4.74 Å². The minimum absolute atomic E-state index is 0.0472. The number of ether oxygens (including phenoxy) is 1. The minimum atomic E-state index is -0.0472. The van der Waals surface area contributed by atoms with Crippen molar-refractivity contribution in [2.24, 2.45) is 5.92 Å². The van der Waals surface area contributed by atoms with Gasteiger partial charge in [0, 0.05) is 19.3 Å². The van der Waals surface area contributed by atoms with Crippen LogP contribution in [0.3, 0.4) is 0 Å². The van der Waals surface area contributed by atoms with Crippen molar-refractivity contribution in [2.45, 2.75) is 37.6 Å². The molecular weight excluding hydrogens is 241 g/mol. The summed E-state index contributed by atoms with van der Waals surface area (Å²) in [4.78, 5) is 0. The lowest BCUT2D eigenvalue weighted by molar-refractivity contribution is 0.183. The summed E-state index contributed by atoms with van der Waals surface area (Å²) < 4.78 is 19.0. The first-order chi connectivity index (χ1) is 9.33. The van der Waals surface area contributed by atoms with E-state index < -0.39 is 0 Å². The lowest BCUT2D eigenvalue weighted by Crippen LogP contribution is -2.41. The highest BCUT2D eigenvalue weighted by Gasteiger charge is 2.31. The van der Waals surface area contributed by atoms with Crippen molar-refractivity contribution in [2.75, 3.05) is 19.8 Å². The molecule has 19 heavy (non-hydrogen) atoms. The average molecular weight is 263 g/mol. The fourth-order valence-electron chi connectivity index (χ4n) is 3.15. The van der Waals surface area contributed by atoms with Gasteiger partial charge >= 0.3 is 0 Å². The summed E-state index contributed by atoms with van der Waals surface area (Å²) in [7, 11) is 0. The summed E-state index contributed by atoms with van der Waals surface area (Å²) in [6, 6.07) is 7.75. The van der Waals surface area contributed by atoms with E-state index in [1.54, 1.807) is 12.1 Å². The zero-order valence-electron chi connectivity index (χ0n) is 11.3. The molecule has 0 radical (unpaired) electrons. The second-order valence-corrected chi connectivity index (χ2v) is 5.86. The van der Waals surface area contributed by atoms with Crippen molar-refractivity contribution >= 4 is 0 Å². The van der Waals surface area contributed by atoms with Gasteiger partial charge in [-0.3, -0.25) is 0 Å². The van der Waals surface area contributed by atoms with Crippen LogP contribution < -0.4 is 5.32 Å². The topological polar surface area (TPSA) is 21.3 Å². The summed E-state index contributed by atoms with van der Waals surface area (Å²) >= 11 is 0. The van der Waals surface area contributed by atoms with E-state index in [9.17, 15) is 4.39 Å². The molecule has 0 aromatic heterocycles. The van der Waals surface area contributed by atoms with Crippen LogP contribution in [0, 0.1) is 11.7 Å². The van der Waals surface area contributed by atoms with Crippen molar-refractivity contribution in [3.8, 4) is 0 Å². The van der Waals surface area contributed by atoms with Crippen LogP contribution in [0.4, 0.5) is 4.39 Å². The highest BCUT2D eigenvalue weighted by atomic mass is 19.1. The van der Waals surface area contributed by atoms with E-state index in [0.29, 0.717) is 12.0 Å². The van der Waals surface area contributed by atoms with Crippen molar-refractivity contribution in [1.82, 2.24) is 5.32 Å². The van der Waals surface area contributed by atoms with Crippen molar-refractivity contribution < 1.29 is 9.13 Å². The van der Waals surface area contributed by atoms with Gasteiger partial charge in [0.25, 0.3) is 0 Å². The van der Waals surface area contributed by atoms with E-state index in [1.165, 1.54) is 12.8 Å². The van der Waals surface area contributed by atoms with Crippen LogP contribution in [0.2, 0.25) is 0 Å². The molecule has 1 heterocycles. The first-order valence-electron chi connectivity index (χ1n) is 7.38. The predicted molar refractivity (Wildman–Crippen MR) is 73.7 cm³/mol. The van der Waals surface area contributed by atoms with Crippen LogP contribution in [-0.4, -0.2) is 25.8 Å². The smallest absolute Gasteiger partial charge is 0.126 e. The van der Waals surface area contributed by atoms with Gasteiger partial charge in [0.05, 0.1) is 0 Å². The molecule has 0 bridgehead atoms. The molecule has 1 N–H and O–H groups in total. The van der Waals surface area contributed by atoms with E-state index in [0.717, 1.165) is 44.1 Å². The zero-order valence-corrected chi connectivity index (χ0v) is 11.3. The monoisotopic (exact) mass is 263 g/mol. The molecule has 1 saturated carbocycles. The third kappa shape index (κ3) is 3.15. The molecule has 2 fully saturated rings. The van der Waals surface area contributed by atoms with Gasteiger partial charge in [-0.2, -0.15) is 0 Å². The van der Waals surface area contributed by atoms with Gasteiger partial charge in [0.2, 0.25) is 0 Å². The van der Waals surface area contributed by atoms with Crippen LogP contribution in [0.5, 0.6) is 0 Å². The van der Waals surface area contributed by atoms with Crippen LogP contribution in [0.15, 0.2) is 24.3 Å². The molecule has 1 aromatic rings. The van der Waals surface area contributed by atoms with E-state index >= 15 is 0 Å². The Labute approximate surface area is 114 Å². The fourth-order valence-corrected chi connectivity index (χ4v) is 3.15. The summed E-state index contributed by atoms with van der Waals surface area (Å²) in [5, 5.41) is 3.59. The lowest BCUT2D eigenvalue weighted by Gasteiger charge is -2.36. The second kappa shape index (κ2) is 6.02. The number of hydrogen-bond donors (Lipinski definition) is 1. The van der Waals surface area contributed by atoms with Crippen LogP contribution >= 0.6 is 0 Å². The highest BCUT2D eigenvalue weighted by molar-refractivity contribution is 5.24. The molecular formula is C16H22FNO. The zero-order chi connectivity index (χ0) is 13.1. The van der Waals surface area contributed by atoms with E-state index in [1.807, 2.05) is 12.1 Å². The SMILES string of the molecule is Fc1ccccc1C1CC(NCCC2CCOC2)C1. The highest BCUT2D eigenvalue weighted by Crippen LogP contribution is 2.37. The van der Waals surface area contributed by atoms with Gasteiger partial charge in [0.15, 0.2) is 0 Å². The number of halogens is 1. The lowest BCUT2D eigenvalue weighted by atomic mass is 9.75. The van der Waals surface area contributed by atoms with Gasteiger partial charge in [-0.25, -0.2) is 4.39 Å². The maximum absolute atomic E-state index is 13.6. The standard InChI is InChI=1S/C16H22FNO/c17-16-4-2-1-3-15(16)13-9-14(10-13)18-7-5-12-6-8-19-11-12/h1-4,12-14,18H,5-11H2. The molecule has 1 aliphatic heterocycles. The van der Waals surface area contributed by atoms with Crippen molar-refractivity contribution in [1.29, 1.82) is 0 Å². The van der Waals surface area contributed by atoms with Crippen LogP contribution in [0.25, 0.3) is 0 Å². The normalized spacial score (nSPS) is 30.3. The molecule has 3 heteroatoms. The Kier molecular flexibility index (Phi) is 4.14. The summed E-state index contributed by atoms with van der Waals surface area (Å²) in [5.74, 6) is 1.11. The number of rotatable bonds is 5. The molecule has 3 rings (SSSR count). The molecule has 1 saturated heterocycles. The largest absolute Gasteiger partial charge is 0.381 e. The first-order valence-corrected chi connectivity index (χ1v) is 7.38. The fraction of sp³-hybridized carbons (Fsp3) is 0.625. The third-order valence-electron chi connectivity index (χ3n) is 4.49. The summed E-state index contributed by atoms with van der Waals surface area (Å²) in [6.07, 6.45) is 4.56. The van der Waals surface area contributed by atoms with Crippen LogP contribution in [0.1, 0.15) is 37.2 Å². The minimum Gasteiger partial charge on any atom is -0.381 e. The molecule has 1 aromatic carbocycles. The maximum Gasteiger partial charge on any atom is 0.126 e. The Balaban J connectivity index is 1.37. The molecule has 2 aliphatic rings. The van der Waals surface area contributed by atoms with Crippen molar-refractivity contribution in [3.63, 3.8) is 0 Å². The quantitative estimate of drug-likeness (QED) is 0.881. The molecule has 0 amide bonds. The van der Waals surface area contributed by atoms with Crippen LogP contribution in [-0.2, 0) is 4.74 Å². The Morgan fingerprint density at radius 1 is 1.26 bits per heavy atom. The second-order valence-electron chi connectivity index (χ2n) is 5.86. The van der Waals surface area contributed by atoms with E-state index in [2.05, 4.69) is 5.32 Å². The van der Waals surface area contributed by atoms with E-state index in [-0.39, 0.29) is 5.82 Å². The molecule has 1 unspecified atom stereocenters. The summed E-state index contributed by atoms with van der Waals surface area (Å²) in [5.41, 5.74) is 0.893. The Morgan fingerprint density at radius 2 is 2.11 bits per heavy atom. The molecule has 2 nitrogen and oxygen atoms in total. The summed E-state index contributed by atoms with van der Waals surface area (Å²) in [6.45, 7) is 2.94. The third-order valence-corrected chi connectivity index (χ3v) is 4.49. The molecule has 104 valence electrons. The maximum atomic E-state index is 13.6. The predicted octanol–water partition coefficient (Wildman–Crippen LogP) is 3.09. The molecule has 1 atom stereocenters. The first kappa shape index (κ1) is 13.1. The van der Waals surface area contributed by atoms with Gasteiger partial charge < -0.3 is 10.1 Å². The van der Waals surface area contributed by atoms with Gasteiger partial charge in [-0.1, -0.05) is 18.2 Å².